The number of likely N-dealkylation sites (tertiary alicyclic amines) is 1. The summed E-state index contributed by atoms with van der Waals surface area (Å²) in [6.45, 7) is 1.09. The summed E-state index contributed by atoms with van der Waals surface area (Å²) in [4.78, 5) is 24.2. The highest BCUT2D eigenvalue weighted by Gasteiger charge is 2.38. The van der Waals surface area contributed by atoms with E-state index in [1.54, 1.807) is 24.1 Å². The second-order valence-corrected chi connectivity index (χ2v) is 5.10. The van der Waals surface area contributed by atoms with Crippen molar-refractivity contribution in [3.63, 3.8) is 0 Å². The SMILES string of the molecule is COCCCN1C(=O)CC(N)C1c1cccc([N+](=O)[O-])c1. The molecule has 1 fully saturated rings. The Morgan fingerprint density at radius 1 is 1.52 bits per heavy atom. The van der Waals surface area contributed by atoms with Gasteiger partial charge in [0.2, 0.25) is 5.91 Å². The molecule has 2 atom stereocenters. The molecule has 2 N–H and O–H groups in total. The highest BCUT2D eigenvalue weighted by molar-refractivity contribution is 5.80. The molecule has 1 saturated heterocycles. The molecule has 2 rings (SSSR count). The van der Waals surface area contributed by atoms with E-state index in [9.17, 15) is 14.9 Å². The third-order valence-electron chi connectivity index (χ3n) is 3.64. The first-order valence-electron chi connectivity index (χ1n) is 6.83. The lowest BCUT2D eigenvalue weighted by Gasteiger charge is -2.27. The van der Waals surface area contributed by atoms with E-state index in [1.807, 2.05) is 0 Å². The zero-order valence-electron chi connectivity index (χ0n) is 11.9. The number of ether oxygens (including phenoxy) is 1. The molecule has 114 valence electrons. The summed E-state index contributed by atoms with van der Waals surface area (Å²) in [6, 6.07) is 5.67. The van der Waals surface area contributed by atoms with Gasteiger partial charge in [-0.05, 0) is 12.0 Å². The molecule has 0 radical (unpaired) electrons. The first-order valence-corrected chi connectivity index (χ1v) is 6.83. The molecule has 0 spiro atoms. The predicted molar refractivity (Wildman–Crippen MR) is 76.6 cm³/mol. The molecule has 1 aromatic carbocycles. The quantitative estimate of drug-likeness (QED) is 0.483. The summed E-state index contributed by atoms with van der Waals surface area (Å²) in [7, 11) is 1.61. The fraction of sp³-hybridized carbons (Fsp3) is 0.500. The number of benzene rings is 1. The molecule has 1 amide bonds. The molecule has 7 nitrogen and oxygen atoms in total. The number of carbonyl (C=O) groups excluding carboxylic acids is 1. The van der Waals surface area contributed by atoms with Crippen molar-refractivity contribution in [2.45, 2.75) is 24.9 Å². The largest absolute Gasteiger partial charge is 0.385 e. The Hall–Kier alpha value is -1.99. The van der Waals surface area contributed by atoms with Crippen molar-refractivity contribution in [2.75, 3.05) is 20.3 Å². The van der Waals surface area contributed by atoms with Crippen molar-refractivity contribution in [2.24, 2.45) is 5.73 Å². The van der Waals surface area contributed by atoms with E-state index in [0.717, 1.165) is 0 Å². The highest BCUT2D eigenvalue weighted by Crippen LogP contribution is 2.33. The van der Waals surface area contributed by atoms with Crippen molar-refractivity contribution in [1.82, 2.24) is 4.90 Å². The molecular formula is C14H19N3O4. The van der Waals surface area contributed by atoms with Crippen LogP contribution >= 0.6 is 0 Å². The molecule has 21 heavy (non-hydrogen) atoms. The standard InChI is InChI=1S/C14H19N3O4/c1-21-7-3-6-16-13(18)9-12(15)14(16)10-4-2-5-11(8-10)17(19)20/h2,4-5,8,12,14H,3,6-7,9,15H2,1H3. The van der Waals surface area contributed by atoms with E-state index < -0.39 is 4.92 Å². The third kappa shape index (κ3) is 3.37. The smallest absolute Gasteiger partial charge is 0.269 e. The Morgan fingerprint density at radius 3 is 2.95 bits per heavy atom. The first kappa shape index (κ1) is 15.4. The number of nitrogens with two attached hydrogens (primary N) is 1. The third-order valence-corrected chi connectivity index (χ3v) is 3.64. The fourth-order valence-electron chi connectivity index (χ4n) is 2.71. The number of hydrogen-bond donors (Lipinski definition) is 1. The van der Waals surface area contributed by atoms with Crippen LogP contribution in [0.25, 0.3) is 0 Å². The van der Waals surface area contributed by atoms with Crippen molar-refractivity contribution in [1.29, 1.82) is 0 Å². The van der Waals surface area contributed by atoms with Gasteiger partial charge in [-0.1, -0.05) is 12.1 Å². The van der Waals surface area contributed by atoms with Crippen LogP contribution in [0, 0.1) is 10.1 Å². The topological polar surface area (TPSA) is 98.7 Å². The highest BCUT2D eigenvalue weighted by atomic mass is 16.6. The molecule has 1 aliphatic heterocycles. The predicted octanol–water partition coefficient (Wildman–Crippen LogP) is 1.23. The number of amides is 1. The van der Waals surface area contributed by atoms with Crippen LogP contribution in [-0.2, 0) is 9.53 Å². The van der Waals surface area contributed by atoms with Crippen molar-refractivity contribution >= 4 is 11.6 Å². The average Bonchev–Trinajstić information content (AvgIpc) is 2.73. The molecule has 0 aliphatic carbocycles. The van der Waals surface area contributed by atoms with Gasteiger partial charge in [0, 0.05) is 44.9 Å². The number of nitrogens with zero attached hydrogens (tertiary/aromatic N) is 2. The maximum atomic E-state index is 12.1. The maximum Gasteiger partial charge on any atom is 0.269 e. The summed E-state index contributed by atoms with van der Waals surface area (Å²) in [5.41, 5.74) is 6.78. The summed E-state index contributed by atoms with van der Waals surface area (Å²) in [6.07, 6.45) is 0.973. The number of methoxy groups -OCH3 is 1. The monoisotopic (exact) mass is 293 g/mol. The van der Waals surface area contributed by atoms with Gasteiger partial charge in [0.15, 0.2) is 0 Å². The van der Waals surface area contributed by atoms with Gasteiger partial charge in [-0.3, -0.25) is 14.9 Å². The van der Waals surface area contributed by atoms with E-state index in [4.69, 9.17) is 10.5 Å². The van der Waals surface area contributed by atoms with Crippen LogP contribution in [0.4, 0.5) is 5.69 Å². The van der Waals surface area contributed by atoms with Gasteiger partial charge in [-0.15, -0.1) is 0 Å². The van der Waals surface area contributed by atoms with Crippen LogP contribution < -0.4 is 5.73 Å². The summed E-state index contributed by atoms with van der Waals surface area (Å²) in [5, 5.41) is 10.9. The van der Waals surface area contributed by atoms with Crippen molar-refractivity contribution < 1.29 is 14.5 Å². The van der Waals surface area contributed by atoms with Gasteiger partial charge >= 0.3 is 0 Å². The van der Waals surface area contributed by atoms with Gasteiger partial charge in [0.05, 0.1) is 11.0 Å². The zero-order valence-corrected chi connectivity index (χ0v) is 11.9. The van der Waals surface area contributed by atoms with E-state index in [2.05, 4.69) is 0 Å². The minimum atomic E-state index is -0.443. The molecule has 0 aromatic heterocycles. The van der Waals surface area contributed by atoms with Gasteiger partial charge in [0.25, 0.3) is 5.69 Å². The average molecular weight is 293 g/mol. The molecule has 0 bridgehead atoms. The Bertz CT molecular complexity index is 535. The molecular weight excluding hydrogens is 274 g/mol. The second-order valence-electron chi connectivity index (χ2n) is 5.10. The lowest BCUT2D eigenvalue weighted by atomic mass is 10.00. The van der Waals surface area contributed by atoms with Crippen LogP contribution in [0.2, 0.25) is 0 Å². The van der Waals surface area contributed by atoms with Gasteiger partial charge in [-0.25, -0.2) is 0 Å². The Morgan fingerprint density at radius 2 is 2.29 bits per heavy atom. The minimum absolute atomic E-state index is 0.0101. The summed E-state index contributed by atoms with van der Waals surface area (Å²) < 4.78 is 5.00. The Balaban J connectivity index is 2.23. The fourth-order valence-corrected chi connectivity index (χ4v) is 2.71. The number of hydrogen-bond acceptors (Lipinski definition) is 5. The van der Waals surface area contributed by atoms with E-state index in [-0.39, 0.29) is 30.1 Å². The molecule has 1 aliphatic rings. The Labute approximate surface area is 122 Å². The lowest BCUT2D eigenvalue weighted by Crippen LogP contribution is -2.34. The molecule has 1 heterocycles. The molecule has 1 aromatic rings. The summed E-state index contributed by atoms with van der Waals surface area (Å²) in [5.74, 6) is -0.0184. The molecule has 7 heteroatoms. The van der Waals surface area contributed by atoms with Crippen LogP contribution in [0.5, 0.6) is 0 Å². The number of carbonyl (C=O) groups is 1. The van der Waals surface area contributed by atoms with Crippen LogP contribution in [0.15, 0.2) is 24.3 Å². The van der Waals surface area contributed by atoms with Gasteiger partial charge < -0.3 is 15.4 Å². The number of non-ortho nitro benzene ring substituents is 1. The van der Waals surface area contributed by atoms with Gasteiger partial charge in [0.1, 0.15) is 0 Å². The maximum absolute atomic E-state index is 12.1. The Kier molecular flexibility index (Phi) is 4.87. The lowest BCUT2D eigenvalue weighted by molar-refractivity contribution is -0.384. The van der Waals surface area contributed by atoms with Crippen LogP contribution in [0.3, 0.4) is 0 Å². The minimum Gasteiger partial charge on any atom is -0.385 e. The van der Waals surface area contributed by atoms with Crippen LogP contribution in [-0.4, -0.2) is 42.0 Å². The second kappa shape index (κ2) is 6.64. The number of nitro groups is 1. The van der Waals surface area contributed by atoms with Crippen molar-refractivity contribution in [3.8, 4) is 0 Å². The summed E-state index contributed by atoms with van der Waals surface area (Å²) >= 11 is 0. The van der Waals surface area contributed by atoms with Crippen molar-refractivity contribution in [3.05, 3.63) is 39.9 Å². The molecule has 0 saturated carbocycles. The number of nitro benzene ring substituents is 1. The van der Waals surface area contributed by atoms with Gasteiger partial charge in [-0.2, -0.15) is 0 Å². The zero-order chi connectivity index (χ0) is 15.4. The van der Waals surface area contributed by atoms with E-state index in [0.29, 0.717) is 25.1 Å². The molecule has 2 unspecified atom stereocenters. The first-order chi connectivity index (χ1) is 10.0. The van der Waals surface area contributed by atoms with E-state index >= 15 is 0 Å². The van der Waals surface area contributed by atoms with E-state index in [1.165, 1.54) is 12.1 Å². The van der Waals surface area contributed by atoms with Crippen LogP contribution in [0.1, 0.15) is 24.4 Å². The normalized spacial score (nSPS) is 21.8. The number of rotatable bonds is 6.